The molecule has 0 spiro atoms. The Morgan fingerprint density at radius 3 is 2.76 bits per heavy atom. The van der Waals surface area contributed by atoms with Crippen LogP contribution in [0.2, 0.25) is 15.2 Å². The predicted molar refractivity (Wildman–Crippen MR) is 104 cm³/mol. The van der Waals surface area contributed by atoms with Crippen LogP contribution in [0.3, 0.4) is 0 Å². The van der Waals surface area contributed by atoms with Crippen LogP contribution < -0.4 is 0 Å². The lowest BCUT2D eigenvalue weighted by molar-refractivity contribution is 0.0685. The lowest BCUT2D eigenvalue weighted by Crippen LogP contribution is -2.12. The number of thiophene rings is 1. The Morgan fingerprint density at radius 1 is 1.32 bits per heavy atom. The van der Waals surface area contributed by atoms with Gasteiger partial charge in [-0.3, -0.25) is 0 Å². The number of nitrogens with zero attached hydrogens (tertiary/aromatic N) is 2. The highest BCUT2D eigenvalue weighted by Crippen LogP contribution is 2.36. The molecule has 0 aliphatic heterocycles. The van der Waals surface area contributed by atoms with Crippen molar-refractivity contribution < 1.29 is 9.90 Å². The fourth-order valence-corrected chi connectivity index (χ4v) is 4.83. The molecule has 0 aliphatic carbocycles. The van der Waals surface area contributed by atoms with Crippen LogP contribution >= 0.6 is 46.1 Å². The van der Waals surface area contributed by atoms with Gasteiger partial charge in [-0.1, -0.05) is 48.1 Å². The Morgan fingerprint density at radius 2 is 2.08 bits per heavy atom. The molecular weight excluding hydrogens is 403 g/mol. The van der Waals surface area contributed by atoms with E-state index in [1.165, 1.54) is 11.3 Å². The van der Waals surface area contributed by atoms with E-state index in [0.717, 1.165) is 28.5 Å². The summed E-state index contributed by atoms with van der Waals surface area (Å²) in [6, 6.07) is 3.55. The SMILES string of the molecule is CCCCc1nc(Cl)c(C(=O)O)n1Cc1csc2cc(Cl)cc(Cl)c12. The molecule has 8 heteroatoms. The van der Waals surface area contributed by atoms with E-state index < -0.39 is 5.97 Å². The quantitative estimate of drug-likeness (QED) is 0.523. The molecule has 3 rings (SSSR count). The van der Waals surface area contributed by atoms with E-state index in [2.05, 4.69) is 11.9 Å². The first kappa shape index (κ1) is 18.5. The van der Waals surface area contributed by atoms with E-state index in [-0.39, 0.29) is 10.8 Å². The summed E-state index contributed by atoms with van der Waals surface area (Å²) >= 11 is 20.0. The molecule has 132 valence electrons. The fourth-order valence-electron chi connectivity index (χ4n) is 2.80. The van der Waals surface area contributed by atoms with Gasteiger partial charge in [0.2, 0.25) is 0 Å². The second kappa shape index (κ2) is 7.54. The van der Waals surface area contributed by atoms with Crippen molar-refractivity contribution in [3.8, 4) is 0 Å². The maximum atomic E-state index is 11.6. The Kier molecular flexibility index (Phi) is 5.58. The van der Waals surface area contributed by atoms with Gasteiger partial charge in [0.1, 0.15) is 5.82 Å². The summed E-state index contributed by atoms with van der Waals surface area (Å²) in [7, 11) is 0. The largest absolute Gasteiger partial charge is 0.476 e. The molecule has 1 N–H and O–H groups in total. The molecule has 0 atom stereocenters. The molecule has 1 aromatic carbocycles. The second-order valence-corrected chi connectivity index (χ2v) is 7.80. The van der Waals surface area contributed by atoms with Gasteiger partial charge < -0.3 is 9.67 Å². The lowest BCUT2D eigenvalue weighted by atomic mass is 10.1. The average Bonchev–Trinajstić information content (AvgIpc) is 3.06. The van der Waals surface area contributed by atoms with Crippen LogP contribution in [-0.2, 0) is 13.0 Å². The van der Waals surface area contributed by atoms with Crippen LogP contribution in [0.1, 0.15) is 41.6 Å². The highest BCUT2D eigenvalue weighted by molar-refractivity contribution is 7.17. The number of unbranched alkanes of at least 4 members (excludes halogenated alkanes) is 1. The zero-order valence-electron chi connectivity index (χ0n) is 13.4. The van der Waals surface area contributed by atoms with Crippen LogP contribution in [0.4, 0.5) is 0 Å². The maximum absolute atomic E-state index is 11.6. The van der Waals surface area contributed by atoms with Crippen molar-refractivity contribution in [3.05, 3.63) is 49.8 Å². The molecule has 0 bridgehead atoms. The molecule has 0 amide bonds. The number of aromatic carboxylic acids is 1. The molecule has 4 nitrogen and oxygen atoms in total. The number of halogens is 3. The van der Waals surface area contributed by atoms with Crippen LogP contribution in [0.25, 0.3) is 10.1 Å². The first-order chi connectivity index (χ1) is 11.9. The molecule has 0 saturated carbocycles. The van der Waals surface area contributed by atoms with Crippen LogP contribution in [0.5, 0.6) is 0 Å². The highest BCUT2D eigenvalue weighted by Gasteiger charge is 2.22. The van der Waals surface area contributed by atoms with Gasteiger partial charge in [0.05, 0.1) is 11.6 Å². The van der Waals surface area contributed by atoms with Crippen molar-refractivity contribution in [1.82, 2.24) is 9.55 Å². The van der Waals surface area contributed by atoms with Crippen molar-refractivity contribution in [2.24, 2.45) is 0 Å². The molecule has 2 aromatic heterocycles. The minimum absolute atomic E-state index is 0.0113. The molecular formula is C17H15Cl3N2O2S. The maximum Gasteiger partial charge on any atom is 0.355 e. The van der Waals surface area contributed by atoms with Crippen LogP contribution in [-0.4, -0.2) is 20.6 Å². The number of aromatic nitrogens is 2. The molecule has 3 aromatic rings. The van der Waals surface area contributed by atoms with Crippen LogP contribution in [0, 0.1) is 0 Å². The minimum atomic E-state index is -1.09. The number of fused-ring (bicyclic) bond motifs is 1. The number of hydrogen-bond donors (Lipinski definition) is 1. The summed E-state index contributed by atoms with van der Waals surface area (Å²) in [5.74, 6) is -0.414. The third-order valence-corrected chi connectivity index (χ3v) is 5.72. The fraction of sp³-hybridized carbons (Fsp3) is 0.294. The van der Waals surface area contributed by atoms with Gasteiger partial charge in [0.25, 0.3) is 0 Å². The van der Waals surface area contributed by atoms with Gasteiger partial charge >= 0.3 is 5.97 Å². The van der Waals surface area contributed by atoms with E-state index in [4.69, 9.17) is 34.8 Å². The summed E-state index contributed by atoms with van der Waals surface area (Å²) < 4.78 is 2.64. The first-order valence-corrected chi connectivity index (χ1v) is 9.77. The van der Waals surface area contributed by atoms with Crippen molar-refractivity contribution in [2.75, 3.05) is 0 Å². The molecule has 25 heavy (non-hydrogen) atoms. The molecule has 0 saturated heterocycles. The number of benzene rings is 1. The van der Waals surface area contributed by atoms with Gasteiger partial charge in [-0.15, -0.1) is 11.3 Å². The Labute approximate surface area is 164 Å². The predicted octanol–water partition coefficient (Wildman–Crippen LogP) is 6.15. The monoisotopic (exact) mass is 416 g/mol. The Hall–Kier alpha value is -1.27. The topological polar surface area (TPSA) is 55.1 Å². The van der Waals surface area contributed by atoms with Crippen molar-refractivity contribution in [1.29, 1.82) is 0 Å². The van der Waals surface area contributed by atoms with Crippen molar-refractivity contribution in [2.45, 2.75) is 32.7 Å². The molecule has 0 unspecified atom stereocenters. The number of imidazole rings is 1. The molecule has 2 heterocycles. The Balaban J connectivity index is 2.10. The molecule has 0 radical (unpaired) electrons. The van der Waals surface area contributed by atoms with Gasteiger partial charge in [-0.25, -0.2) is 9.78 Å². The third-order valence-electron chi connectivity index (χ3n) is 3.96. The van der Waals surface area contributed by atoms with Crippen LogP contribution in [0.15, 0.2) is 17.5 Å². The van der Waals surface area contributed by atoms with Crippen molar-refractivity contribution >= 4 is 62.2 Å². The number of rotatable bonds is 6. The summed E-state index contributed by atoms with van der Waals surface area (Å²) in [5.41, 5.74) is 0.938. The minimum Gasteiger partial charge on any atom is -0.476 e. The molecule has 0 aliphatic rings. The Bertz CT molecular complexity index is 949. The summed E-state index contributed by atoms with van der Waals surface area (Å²) in [5, 5.41) is 13.5. The van der Waals surface area contributed by atoms with E-state index in [9.17, 15) is 9.90 Å². The van der Waals surface area contributed by atoms with Crippen molar-refractivity contribution in [3.63, 3.8) is 0 Å². The van der Waals surface area contributed by atoms with Gasteiger partial charge in [-0.05, 0) is 29.5 Å². The van der Waals surface area contributed by atoms with Gasteiger partial charge in [0, 0.05) is 21.5 Å². The van der Waals surface area contributed by atoms with Gasteiger partial charge in [-0.2, -0.15) is 0 Å². The van der Waals surface area contributed by atoms with E-state index >= 15 is 0 Å². The van der Waals surface area contributed by atoms with E-state index in [1.807, 2.05) is 11.4 Å². The zero-order valence-corrected chi connectivity index (χ0v) is 16.4. The normalized spacial score (nSPS) is 11.4. The summed E-state index contributed by atoms with van der Waals surface area (Å²) in [4.78, 5) is 15.9. The summed E-state index contributed by atoms with van der Waals surface area (Å²) in [6.07, 6.45) is 2.57. The number of carboxylic acid groups (broad SMARTS) is 1. The number of aryl methyl sites for hydroxylation is 1. The molecule has 0 fully saturated rings. The smallest absolute Gasteiger partial charge is 0.355 e. The van der Waals surface area contributed by atoms with E-state index in [0.29, 0.717) is 28.8 Å². The average molecular weight is 418 g/mol. The zero-order chi connectivity index (χ0) is 18.1. The number of carbonyl (C=O) groups is 1. The summed E-state index contributed by atoms with van der Waals surface area (Å²) in [6.45, 7) is 2.42. The number of carboxylic acids is 1. The standard InChI is InChI=1S/C17H15Cl3N2O2S/c1-2-3-4-13-21-16(20)15(17(23)24)22(13)7-9-8-25-12-6-10(18)5-11(19)14(9)12/h5-6,8H,2-4,7H2,1H3,(H,23,24). The first-order valence-electron chi connectivity index (χ1n) is 7.75. The third kappa shape index (κ3) is 3.65. The second-order valence-electron chi connectivity index (χ2n) is 5.68. The number of hydrogen-bond acceptors (Lipinski definition) is 3. The van der Waals surface area contributed by atoms with Gasteiger partial charge in [0.15, 0.2) is 10.8 Å². The lowest BCUT2D eigenvalue weighted by Gasteiger charge is -2.10. The highest BCUT2D eigenvalue weighted by atomic mass is 35.5. The van der Waals surface area contributed by atoms with E-state index in [1.54, 1.807) is 10.6 Å².